The number of primary amides is 1. The second-order valence-corrected chi connectivity index (χ2v) is 9.82. The number of nitrogens with one attached hydrogen (secondary N) is 2. The molecule has 5 atom stereocenters. The number of phenolic OH excluding ortho intramolecular Hbond substituents is 1. The molecular weight excluding hydrogens is 502 g/mol. The molecule has 0 saturated heterocycles. The fraction of sp³-hybridized carbons (Fsp3) is 0.400. The first-order chi connectivity index (χ1) is 17.5. The smallest absolute Gasteiger partial charge is 0.255 e. The van der Waals surface area contributed by atoms with Crippen LogP contribution < -0.4 is 21.1 Å². The van der Waals surface area contributed by atoms with E-state index in [2.05, 4.69) is 10.6 Å². The van der Waals surface area contributed by atoms with Crippen LogP contribution in [0.25, 0.3) is 0 Å². The summed E-state index contributed by atoms with van der Waals surface area (Å²) in [7, 11) is 1.41. The maximum Gasteiger partial charge on any atom is 0.255 e. The molecule has 2 aromatic rings. The Morgan fingerprint density at radius 1 is 1.16 bits per heavy atom. The van der Waals surface area contributed by atoms with Gasteiger partial charge in [-0.1, -0.05) is 12.1 Å². The zero-order valence-corrected chi connectivity index (χ0v) is 21.2. The van der Waals surface area contributed by atoms with E-state index in [1.54, 1.807) is 30.3 Å². The second-order valence-electron chi connectivity index (χ2n) is 8.94. The van der Waals surface area contributed by atoms with E-state index in [4.69, 9.17) is 10.5 Å². The highest BCUT2D eigenvalue weighted by Gasteiger charge is 2.49. The summed E-state index contributed by atoms with van der Waals surface area (Å²) in [6.45, 7) is 0. The number of ether oxygens (including phenoxy) is 1. The lowest BCUT2D eigenvalue weighted by molar-refractivity contribution is -0.159. The van der Waals surface area contributed by atoms with Crippen LogP contribution in [-0.4, -0.2) is 81.4 Å². The maximum absolute atomic E-state index is 13.1. The van der Waals surface area contributed by atoms with Crippen molar-refractivity contribution in [3.63, 3.8) is 0 Å². The van der Waals surface area contributed by atoms with Gasteiger partial charge in [-0.05, 0) is 42.2 Å². The van der Waals surface area contributed by atoms with Crippen LogP contribution in [0.1, 0.15) is 28.8 Å². The molecule has 8 N–H and O–H groups in total. The van der Waals surface area contributed by atoms with E-state index in [9.17, 15) is 34.8 Å². The van der Waals surface area contributed by atoms with Gasteiger partial charge in [0.25, 0.3) is 11.8 Å². The van der Waals surface area contributed by atoms with Crippen molar-refractivity contribution >= 4 is 29.5 Å². The van der Waals surface area contributed by atoms with Crippen molar-refractivity contribution in [2.75, 3.05) is 13.4 Å². The van der Waals surface area contributed by atoms with Crippen molar-refractivity contribution in [3.05, 3.63) is 53.6 Å². The average Bonchev–Trinajstić information content (AvgIpc) is 2.87. The predicted octanol–water partition coefficient (Wildman–Crippen LogP) is -0.319. The Kier molecular flexibility index (Phi) is 9.02. The van der Waals surface area contributed by atoms with Gasteiger partial charge in [-0.15, -0.1) is 11.8 Å². The van der Waals surface area contributed by atoms with Crippen molar-refractivity contribution < 1.29 is 39.5 Å². The van der Waals surface area contributed by atoms with Crippen molar-refractivity contribution in [2.24, 2.45) is 5.73 Å². The third-order valence-corrected chi connectivity index (χ3v) is 7.05. The molecule has 200 valence electrons. The first-order valence-corrected chi connectivity index (χ1v) is 12.7. The summed E-state index contributed by atoms with van der Waals surface area (Å²) in [5.74, 6) is -2.15. The Labute approximate surface area is 218 Å². The van der Waals surface area contributed by atoms with Gasteiger partial charge in [0.15, 0.2) is 0 Å². The molecule has 0 unspecified atom stereocenters. The summed E-state index contributed by atoms with van der Waals surface area (Å²) in [6.07, 6.45) is -2.10. The Hall–Kier alpha value is -3.32. The summed E-state index contributed by atoms with van der Waals surface area (Å²) >= 11 is 1.46. The van der Waals surface area contributed by atoms with E-state index in [0.29, 0.717) is 11.3 Å². The van der Waals surface area contributed by atoms with Crippen LogP contribution in [0.15, 0.2) is 47.4 Å². The number of phenols is 1. The van der Waals surface area contributed by atoms with Crippen LogP contribution in [0.5, 0.6) is 11.5 Å². The van der Waals surface area contributed by atoms with Gasteiger partial charge in [-0.2, -0.15) is 0 Å². The Morgan fingerprint density at radius 2 is 1.84 bits per heavy atom. The average molecular weight is 534 g/mol. The number of amides is 3. The van der Waals surface area contributed by atoms with E-state index in [-0.39, 0.29) is 17.7 Å². The first kappa shape index (κ1) is 28.3. The molecule has 1 aliphatic carbocycles. The number of aliphatic hydroxyl groups is 3. The highest BCUT2D eigenvalue weighted by Crippen LogP contribution is 2.31. The molecule has 3 amide bonds. The fourth-order valence-electron chi connectivity index (χ4n) is 4.24. The molecule has 0 aromatic heterocycles. The second kappa shape index (κ2) is 11.8. The number of hydrogen-bond donors (Lipinski definition) is 7. The summed E-state index contributed by atoms with van der Waals surface area (Å²) < 4.78 is 5.29. The molecular formula is C25H31N3O8S. The van der Waals surface area contributed by atoms with Crippen LogP contribution in [0.4, 0.5) is 0 Å². The van der Waals surface area contributed by atoms with Gasteiger partial charge in [0.2, 0.25) is 5.91 Å². The van der Waals surface area contributed by atoms with Gasteiger partial charge in [-0.3, -0.25) is 14.4 Å². The number of carbonyl (C=O) groups is 3. The van der Waals surface area contributed by atoms with E-state index < -0.39 is 60.5 Å². The van der Waals surface area contributed by atoms with Crippen LogP contribution >= 0.6 is 11.8 Å². The third-order valence-electron chi connectivity index (χ3n) is 6.33. The predicted molar refractivity (Wildman–Crippen MR) is 135 cm³/mol. The number of thioether (sulfide) groups is 1. The molecule has 2 aromatic carbocycles. The molecule has 12 heteroatoms. The molecule has 0 aliphatic heterocycles. The van der Waals surface area contributed by atoms with E-state index in [0.717, 1.165) is 4.90 Å². The Balaban J connectivity index is 1.75. The number of aliphatic hydroxyl groups excluding tert-OH is 2. The number of methoxy groups -OCH3 is 1. The minimum Gasteiger partial charge on any atom is -0.508 e. The van der Waals surface area contributed by atoms with Crippen LogP contribution in [-0.2, 0) is 16.0 Å². The van der Waals surface area contributed by atoms with Crippen molar-refractivity contribution in [1.82, 2.24) is 10.6 Å². The van der Waals surface area contributed by atoms with Crippen LogP contribution in [0.3, 0.4) is 0 Å². The van der Waals surface area contributed by atoms with E-state index in [1.165, 1.54) is 31.0 Å². The van der Waals surface area contributed by atoms with Crippen molar-refractivity contribution in [1.29, 1.82) is 0 Å². The Bertz CT molecular complexity index is 1150. The monoisotopic (exact) mass is 533 g/mol. The van der Waals surface area contributed by atoms with E-state index >= 15 is 0 Å². The fourth-order valence-corrected chi connectivity index (χ4v) is 4.67. The molecule has 1 fully saturated rings. The number of rotatable bonds is 9. The molecule has 0 spiro atoms. The largest absolute Gasteiger partial charge is 0.508 e. The molecule has 0 bridgehead atoms. The van der Waals surface area contributed by atoms with E-state index in [1.807, 2.05) is 6.26 Å². The van der Waals surface area contributed by atoms with Crippen LogP contribution in [0, 0.1) is 0 Å². The summed E-state index contributed by atoms with van der Waals surface area (Å²) in [6, 6.07) is 8.49. The number of hydrogen-bond acceptors (Lipinski definition) is 9. The van der Waals surface area contributed by atoms with Gasteiger partial charge in [0.1, 0.15) is 29.2 Å². The molecule has 11 nitrogen and oxygen atoms in total. The summed E-state index contributed by atoms with van der Waals surface area (Å²) in [4.78, 5) is 38.9. The quantitative estimate of drug-likeness (QED) is 0.212. The number of aromatic hydroxyl groups is 1. The van der Waals surface area contributed by atoms with Gasteiger partial charge in [0.05, 0.1) is 24.8 Å². The van der Waals surface area contributed by atoms with Gasteiger partial charge in [0, 0.05) is 24.2 Å². The van der Waals surface area contributed by atoms with Crippen molar-refractivity contribution in [3.8, 4) is 11.5 Å². The molecule has 1 aliphatic rings. The highest BCUT2D eigenvalue weighted by atomic mass is 32.2. The standard InChI is InChI=1S/C25H31N3O8S/c1-36-20-10-15(37-2)7-8-16(20)23(33)27-18-11-25(35,12-19(30)21(18)31)24(34)28-17(22(26)32)9-13-3-5-14(29)6-4-13/h3-8,10,17-19,21,29-31,35H,9,11-12H2,1-2H3,(H2,26,32)(H,27,33)(H,28,34)/t17-,18-,19+,21+,25-/m0/s1. The topological polar surface area (TPSA) is 191 Å². The molecule has 0 heterocycles. The third kappa shape index (κ3) is 6.72. The Morgan fingerprint density at radius 3 is 2.43 bits per heavy atom. The zero-order chi connectivity index (χ0) is 27.3. The SMILES string of the molecule is COc1cc(SC)ccc1C(=O)N[C@H]1C[C@@](O)(C(=O)N[C@@H](Cc2ccc(O)cc2)C(N)=O)C[C@@H](O)[C@@H]1O. The summed E-state index contributed by atoms with van der Waals surface area (Å²) in [5, 5.41) is 46.5. The number of carbonyl (C=O) groups excluding carboxylic acids is 3. The summed E-state index contributed by atoms with van der Waals surface area (Å²) in [5.41, 5.74) is 4.00. The van der Waals surface area contributed by atoms with Crippen molar-refractivity contribution in [2.45, 2.75) is 54.1 Å². The lowest BCUT2D eigenvalue weighted by Crippen LogP contribution is -2.64. The first-order valence-electron chi connectivity index (χ1n) is 11.5. The molecule has 37 heavy (non-hydrogen) atoms. The van der Waals surface area contributed by atoms with Gasteiger partial charge in [-0.25, -0.2) is 0 Å². The molecule has 0 radical (unpaired) electrons. The number of benzene rings is 2. The normalized spacial score (nSPS) is 24.1. The molecule has 1 saturated carbocycles. The van der Waals surface area contributed by atoms with Crippen LogP contribution in [0.2, 0.25) is 0 Å². The molecule has 3 rings (SSSR count). The van der Waals surface area contributed by atoms with Gasteiger partial charge < -0.3 is 41.5 Å². The minimum absolute atomic E-state index is 0.00535. The van der Waals surface area contributed by atoms with Gasteiger partial charge >= 0.3 is 0 Å². The lowest BCUT2D eigenvalue weighted by atomic mass is 9.77. The zero-order valence-electron chi connectivity index (χ0n) is 20.4. The number of nitrogens with two attached hydrogens (primary N) is 1. The maximum atomic E-state index is 13.1. The minimum atomic E-state index is -2.22. The lowest BCUT2D eigenvalue weighted by Gasteiger charge is -2.41. The highest BCUT2D eigenvalue weighted by molar-refractivity contribution is 7.98.